The Morgan fingerprint density at radius 1 is 1.31 bits per heavy atom. The van der Waals surface area contributed by atoms with Gasteiger partial charge in [0.15, 0.2) is 0 Å². The van der Waals surface area contributed by atoms with Crippen molar-refractivity contribution in [1.29, 1.82) is 0 Å². The number of hydrogen-bond acceptors (Lipinski definition) is 3. The molecule has 0 amide bonds. The van der Waals surface area contributed by atoms with E-state index in [0.717, 1.165) is 32.1 Å². The highest BCUT2D eigenvalue weighted by Crippen LogP contribution is 2.31. The van der Waals surface area contributed by atoms with Crippen molar-refractivity contribution in [1.82, 2.24) is 0 Å². The van der Waals surface area contributed by atoms with Crippen molar-refractivity contribution in [3.05, 3.63) is 0 Å². The molecule has 0 rings (SSSR count). The molecular formula is C13H26O3. The average molecular weight is 230 g/mol. The Morgan fingerprint density at radius 2 is 1.94 bits per heavy atom. The smallest absolute Gasteiger partial charge is 0.312 e. The summed E-state index contributed by atoms with van der Waals surface area (Å²) in [4.78, 5) is 12.0. The van der Waals surface area contributed by atoms with Gasteiger partial charge in [-0.3, -0.25) is 4.79 Å². The van der Waals surface area contributed by atoms with Crippen LogP contribution in [0.1, 0.15) is 59.8 Å². The standard InChI is InChI=1S/C13H26O3/c1-5-7-9-13(4,8-6-2)12(15)16-11(3)10-14/h11,14H,5-10H2,1-4H3. The Bertz CT molecular complexity index is 203. The molecule has 1 N–H and O–H groups in total. The summed E-state index contributed by atoms with van der Waals surface area (Å²) < 4.78 is 5.23. The fourth-order valence-electron chi connectivity index (χ4n) is 1.81. The SMILES string of the molecule is CCCCC(C)(CCC)C(=O)OC(C)CO. The summed E-state index contributed by atoms with van der Waals surface area (Å²) in [5.74, 6) is -0.163. The van der Waals surface area contributed by atoms with Crippen molar-refractivity contribution in [2.24, 2.45) is 5.41 Å². The van der Waals surface area contributed by atoms with Gasteiger partial charge in [-0.15, -0.1) is 0 Å². The van der Waals surface area contributed by atoms with Gasteiger partial charge in [0.1, 0.15) is 6.10 Å². The van der Waals surface area contributed by atoms with Gasteiger partial charge in [0.25, 0.3) is 0 Å². The summed E-state index contributed by atoms with van der Waals surface area (Å²) in [7, 11) is 0. The van der Waals surface area contributed by atoms with Crippen molar-refractivity contribution in [3.63, 3.8) is 0 Å². The molecular weight excluding hydrogens is 204 g/mol. The molecule has 96 valence electrons. The summed E-state index contributed by atoms with van der Waals surface area (Å²) >= 11 is 0. The minimum atomic E-state index is -0.398. The maximum Gasteiger partial charge on any atom is 0.312 e. The topological polar surface area (TPSA) is 46.5 Å². The van der Waals surface area contributed by atoms with Crippen molar-refractivity contribution in [2.45, 2.75) is 65.9 Å². The van der Waals surface area contributed by atoms with Crippen LogP contribution in [0.2, 0.25) is 0 Å². The number of unbranched alkanes of at least 4 members (excludes halogenated alkanes) is 1. The van der Waals surface area contributed by atoms with Crippen LogP contribution < -0.4 is 0 Å². The van der Waals surface area contributed by atoms with E-state index in [9.17, 15) is 4.79 Å². The van der Waals surface area contributed by atoms with Crippen LogP contribution in [0.15, 0.2) is 0 Å². The van der Waals surface area contributed by atoms with Crippen molar-refractivity contribution in [3.8, 4) is 0 Å². The lowest BCUT2D eigenvalue weighted by atomic mass is 9.81. The Morgan fingerprint density at radius 3 is 2.38 bits per heavy atom. The first kappa shape index (κ1) is 15.4. The molecule has 0 aliphatic rings. The fourth-order valence-corrected chi connectivity index (χ4v) is 1.81. The lowest BCUT2D eigenvalue weighted by Gasteiger charge is -2.28. The lowest BCUT2D eigenvalue weighted by molar-refractivity contribution is -0.162. The molecule has 0 radical (unpaired) electrons. The summed E-state index contributed by atoms with van der Waals surface area (Å²) in [6.45, 7) is 7.77. The first-order valence-electron chi connectivity index (χ1n) is 6.32. The van der Waals surface area contributed by atoms with Crippen LogP contribution in [-0.4, -0.2) is 23.8 Å². The molecule has 0 fully saturated rings. The molecule has 0 saturated carbocycles. The monoisotopic (exact) mass is 230 g/mol. The van der Waals surface area contributed by atoms with Gasteiger partial charge in [0, 0.05) is 0 Å². The number of carbonyl (C=O) groups is 1. The summed E-state index contributed by atoms with van der Waals surface area (Å²) in [5, 5.41) is 8.88. The third kappa shape index (κ3) is 4.97. The zero-order valence-electron chi connectivity index (χ0n) is 11.1. The molecule has 2 unspecified atom stereocenters. The lowest BCUT2D eigenvalue weighted by Crippen LogP contribution is -2.33. The number of hydrogen-bond donors (Lipinski definition) is 1. The maximum absolute atomic E-state index is 12.0. The first-order valence-corrected chi connectivity index (χ1v) is 6.32. The highest BCUT2D eigenvalue weighted by Gasteiger charge is 2.34. The normalized spacial score (nSPS) is 16.6. The highest BCUT2D eigenvalue weighted by atomic mass is 16.6. The van der Waals surface area contributed by atoms with Crippen molar-refractivity contribution in [2.75, 3.05) is 6.61 Å². The molecule has 0 spiro atoms. The largest absolute Gasteiger partial charge is 0.460 e. The van der Waals surface area contributed by atoms with E-state index in [1.54, 1.807) is 6.92 Å². The first-order chi connectivity index (χ1) is 7.50. The van der Waals surface area contributed by atoms with Crippen LogP contribution in [0.4, 0.5) is 0 Å². The Labute approximate surface area is 99.2 Å². The molecule has 16 heavy (non-hydrogen) atoms. The van der Waals surface area contributed by atoms with Crippen LogP contribution in [0.25, 0.3) is 0 Å². The van der Waals surface area contributed by atoms with E-state index in [0.29, 0.717) is 0 Å². The quantitative estimate of drug-likeness (QED) is 0.652. The predicted octanol–water partition coefficient (Wildman–Crippen LogP) is 2.91. The van der Waals surface area contributed by atoms with Crippen LogP contribution in [0.3, 0.4) is 0 Å². The van der Waals surface area contributed by atoms with Gasteiger partial charge in [-0.25, -0.2) is 0 Å². The van der Waals surface area contributed by atoms with Crippen LogP contribution >= 0.6 is 0 Å². The number of rotatable bonds is 8. The zero-order valence-corrected chi connectivity index (χ0v) is 11.1. The van der Waals surface area contributed by atoms with Crippen molar-refractivity contribution >= 4 is 5.97 Å². The third-order valence-electron chi connectivity index (χ3n) is 2.94. The summed E-state index contributed by atoms with van der Waals surface area (Å²) in [6.07, 6.45) is 4.42. The molecule has 0 aliphatic carbocycles. The predicted molar refractivity (Wildman–Crippen MR) is 65.2 cm³/mol. The van der Waals surface area contributed by atoms with Crippen LogP contribution in [0.5, 0.6) is 0 Å². The van der Waals surface area contributed by atoms with E-state index in [1.807, 2.05) is 6.92 Å². The van der Waals surface area contributed by atoms with Gasteiger partial charge in [0.05, 0.1) is 12.0 Å². The second kappa shape index (κ2) is 7.66. The molecule has 0 heterocycles. The van der Waals surface area contributed by atoms with E-state index in [2.05, 4.69) is 13.8 Å². The fraction of sp³-hybridized carbons (Fsp3) is 0.923. The second-order valence-electron chi connectivity index (χ2n) is 4.81. The van der Waals surface area contributed by atoms with Gasteiger partial charge in [0.2, 0.25) is 0 Å². The molecule has 0 saturated heterocycles. The van der Waals surface area contributed by atoms with Gasteiger partial charge in [-0.1, -0.05) is 33.1 Å². The van der Waals surface area contributed by atoms with Gasteiger partial charge < -0.3 is 9.84 Å². The van der Waals surface area contributed by atoms with E-state index >= 15 is 0 Å². The van der Waals surface area contributed by atoms with Gasteiger partial charge in [-0.05, 0) is 26.7 Å². The van der Waals surface area contributed by atoms with E-state index in [-0.39, 0.29) is 18.0 Å². The average Bonchev–Trinajstić information content (AvgIpc) is 2.26. The van der Waals surface area contributed by atoms with Crippen LogP contribution in [0, 0.1) is 5.41 Å². The molecule has 0 aromatic rings. The minimum Gasteiger partial charge on any atom is -0.460 e. The Hall–Kier alpha value is -0.570. The Balaban J connectivity index is 4.42. The molecule has 0 aliphatic heterocycles. The van der Waals surface area contributed by atoms with Gasteiger partial charge >= 0.3 is 5.97 Å². The van der Waals surface area contributed by atoms with E-state index in [1.165, 1.54) is 0 Å². The third-order valence-corrected chi connectivity index (χ3v) is 2.94. The zero-order chi connectivity index (χ0) is 12.6. The minimum absolute atomic E-state index is 0.109. The number of esters is 1. The summed E-state index contributed by atoms with van der Waals surface area (Å²) in [6, 6.07) is 0. The molecule has 3 nitrogen and oxygen atoms in total. The van der Waals surface area contributed by atoms with Crippen LogP contribution in [-0.2, 0) is 9.53 Å². The Kier molecular flexibility index (Phi) is 7.39. The molecule has 2 atom stereocenters. The summed E-state index contributed by atoms with van der Waals surface area (Å²) in [5.41, 5.74) is -0.381. The molecule has 0 aromatic heterocycles. The number of aliphatic hydroxyl groups excluding tert-OH is 1. The molecule has 0 aromatic carbocycles. The maximum atomic E-state index is 12.0. The van der Waals surface area contributed by atoms with Crippen molar-refractivity contribution < 1.29 is 14.6 Å². The van der Waals surface area contributed by atoms with Gasteiger partial charge in [-0.2, -0.15) is 0 Å². The molecule has 3 heteroatoms. The van der Waals surface area contributed by atoms with E-state index < -0.39 is 6.10 Å². The number of ether oxygens (including phenoxy) is 1. The molecule has 0 bridgehead atoms. The number of aliphatic hydroxyl groups is 1. The highest BCUT2D eigenvalue weighted by molar-refractivity contribution is 5.76. The second-order valence-corrected chi connectivity index (χ2v) is 4.81. The number of carbonyl (C=O) groups excluding carboxylic acids is 1. The van der Waals surface area contributed by atoms with E-state index in [4.69, 9.17) is 9.84 Å².